The van der Waals surface area contributed by atoms with Crippen molar-refractivity contribution in [3.05, 3.63) is 10.6 Å². The predicted octanol–water partition coefficient (Wildman–Crippen LogP) is 2.89. The minimum absolute atomic E-state index is 0.704. The van der Waals surface area contributed by atoms with Crippen molar-refractivity contribution in [1.29, 1.82) is 0 Å². The number of rotatable bonds is 4. The zero-order valence-corrected chi connectivity index (χ0v) is 13.3. The van der Waals surface area contributed by atoms with Gasteiger partial charge in [-0.05, 0) is 13.5 Å². The Labute approximate surface area is 118 Å². The average Bonchev–Trinajstić information content (AvgIpc) is 2.67. The van der Waals surface area contributed by atoms with Crippen molar-refractivity contribution in [2.45, 2.75) is 44.7 Å². The predicted molar refractivity (Wildman–Crippen MR) is 83.0 cm³/mol. The number of aryl methyl sites for hydroxylation is 1. The Kier molecular flexibility index (Phi) is 4.92. The van der Waals surface area contributed by atoms with Gasteiger partial charge in [0.2, 0.25) is 0 Å². The molecule has 0 saturated carbocycles. The van der Waals surface area contributed by atoms with Crippen molar-refractivity contribution in [2.24, 2.45) is 0 Å². The van der Waals surface area contributed by atoms with E-state index >= 15 is 0 Å². The van der Waals surface area contributed by atoms with E-state index in [4.69, 9.17) is 4.98 Å². The summed E-state index contributed by atoms with van der Waals surface area (Å²) in [5.41, 5.74) is 1.19. The molecule has 102 valence electrons. The van der Waals surface area contributed by atoms with Crippen LogP contribution in [-0.2, 0) is 6.54 Å². The highest BCUT2D eigenvalue weighted by molar-refractivity contribution is 8.00. The average molecular weight is 285 g/mol. The summed E-state index contributed by atoms with van der Waals surface area (Å²) < 4.78 is 0. The van der Waals surface area contributed by atoms with E-state index < -0.39 is 0 Å². The van der Waals surface area contributed by atoms with Crippen molar-refractivity contribution >= 4 is 28.2 Å². The van der Waals surface area contributed by atoms with Gasteiger partial charge in [0.05, 0.1) is 5.69 Å². The van der Waals surface area contributed by atoms with E-state index in [9.17, 15) is 0 Å². The maximum atomic E-state index is 4.75. The fourth-order valence-corrected chi connectivity index (χ4v) is 4.66. The minimum atomic E-state index is 0.704. The topological polar surface area (TPSA) is 28.2 Å². The van der Waals surface area contributed by atoms with Gasteiger partial charge in [0.25, 0.3) is 0 Å². The van der Waals surface area contributed by atoms with E-state index in [1.807, 2.05) is 11.3 Å². The van der Waals surface area contributed by atoms with Gasteiger partial charge in [-0.15, -0.1) is 11.3 Å². The maximum Gasteiger partial charge on any atom is 0.185 e. The summed E-state index contributed by atoms with van der Waals surface area (Å²) in [6.07, 6.45) is 0. The number of aromatic nitrogens is 1. The first kappa shape index (κ1) is 14.2. The van der Waals surface area contributed by atoms with Crippen LogP contribution in [0.25, 0.3) is 0 Å². The molecule has 0 radical (unpaired) electrons. The molecule has 3 nitrogen and oxygen atoms in total. The van der Waals surface area contributed by atoms with Gasteiger partial charge in [-0.1, -0.05) is 20.8 Å². The van der Waals surface area contributed by atoms with E-state index in [1.54, 1.807) is 0 Å². The summed E-state index contributed by atoms with van der Waals surface area (Å²) in [6.45, 7) is 13.1. The van der Waals surface area contributed by atoms with E-state index in [2.05, 4.69) is 49.7 Å². The smallest absolute Gasteiger partial charge is 0.185 e. The van der Waals surface area contributed by atoms with Crippen molar-refractivity contribution in [2.75, 3.05) is 24.5 Å². The Morgan fingerprint density at radius 3 is 2.61 bits per heavy atom. The number of hydrogen-bond donors (Lipinski definition) is 1. The van der Waals surface area contributed by atoms with Crippen molar-refractivity contribution < 1.29 is 0 Å². The van der Waals surface area contributed by atoms with Crippen LogP contribution in [-0.4, -0.2) is 35.1 Å². The van der Waals surface area contributed by atoms with Gasteiger partial charge in [-0.3, -0.25) is 0 Å². The lowest BCUT2D eigenvalue weighted by molar-refractivity contribution is 0.723. The van der Waals surface area contributed by atoms with Gasteiger partial charge in [0.1, 0.15) is 0 Å². The van der Waals surface area contributed by atoms with Crippen LogP contribution < -0.4 is 10.2 Å². The number of thiazole rings is 1. The Morgan fingerprint density at radius 2 is 2.00 bits per heavy atom. The number of anilines is 1. The third-order valence-corrected chi connectivity index (χ3v) is 5.55. The van der Waals surface area contributed by atoms with E-state index in [0.717, 1.165) is 26.2 Å². The Morgan fingerprint density at radius 1 is 1.33 bits per heavy atom. The molecule has 2 heterocycles. The van der Waals surface area contributed by atoms with Gasteiger partial charge in [-0.25, -0.2) is 4.98 Å². The summed E-state index contributed by atoms with van der Waals surface area (Å²) in [5, 5.41) is 6.00. The van der Waals surface area contributed by atoms with Gasteiger partial charge in [0, 0.05) is 35.0 Å². The standard InChI is InChI=1S/C13H23N3S2/c1-5-14-6-12-11(4)15-13(18-12)16-7-9(2)17-10(3)8-16/h9-10,14H,5-8H2,1-4H3. The quantitative estimate of drug-likeness (QED) is 0.921. The lowest BCUT2D eigenvalue weighted by Crippen LogP contribution is -2.40. The molecule has 0 aromatic carbocycles. The summed E-state index contributed by atoms with van der Waals surface area (Å²) in [4.78, 5) is 8.59. The molecule has 2 rings (SSSR count). The molecule has 1 aromatic heterocycles. The number of hydrogen-bond acceptors (Lipinski definition) is 5. The molecule has 18 heavy (non-hydrogen) atoms. The van der Waals surface area contributed by atoms with Crippen molar-refractivity contribution in [3.8, 4) is 0 Å². The van der Waals surface area contributed by atoms with Crippen LogP contribution in [0.3, 0.4) is 0 Å². The fourth-order valence-electron chi connectivity index (χ4n) is 2.28. The van der Waals surface area contributed by atoms with Crippen LogP contribution in [0.5, 0.6) is 0 Å². The zero-order valence-electron chi connectivity index (χ0n) is 11.7. The molecule has 1 aliphatic heterocycles. The second kappa shape index (κ2) is 6.26. The zero-order chi connectivity index (χ0) is 13.1. The van der Waals surface area contributed by atoms with Crippen LogP contribution in [0.4, 0.5) is 5.13 Å². The monoisotopic (exact) mass is 285 g/mol. The van der Waals surface area contributed by atoms with Gasteiger partial charge < -0.3 is 10.2 Å². The molecule has 1 aromatic rings. The van der Waals surface area contributed by atoms with Crippen molar-refractivity contribution in [1.82, 2.24) is 10.3 Å². The van der Waals surface area contributed by atoms with Crippen molar-refractivity contribution in [3.63, 3.8) is 0 Å². The molecule has 2 atom stereocenters. The van der Waals surface area contributed by atoms with Gasteiger partial charge >= 0.3 is 0 Å². The highest BCUT2D eigenvalue weighted by Gasteiger charge is 2.24. The summed E-state index contributed by atoms with van der Waals surface area (Å²) in [6, 6.07) is 0. The van der Waals surface area contributed by atoms with Crippen LogP contribution in [0, 0.1) is 6.92 Å². The summed E-state index contributed by atoms with van der Waals surface area (Å²) >= 11 is 3.94. The largest absolute Gasteiger partial charge is 0.346 e. The Bertz CT molecular complexity index is 382. The molecule has 5 heteroatoms. The third kappa shape index (κ3) is 3.39. The second-order valence-corrected chi connectivity index (χ2v) is 7.89. The molecule has 0 amide bonds. The molecule has 0 spiro atoms. The molecule has 0 bridgehead atoms. The molecule has 0 aliphatic carbocycles. The first-order valence-electron chi connectivity index (χ1n) is 6.67. The molecular weight excluding hydrogens is 262 g/mol. The third-order valence-electron chi connectivity index (χ3n) is 3.11. The van der Waals surface area contributed by atoms with E-state index in [0.29, 0.717) is 10.5 Å². The maximum absolute atomic E-state index is 4.75. The van der Waals surface area contributed by atoms with E-state index in [1.165, 1.54) is 15.7 Å². The lowest BCUT2D eigenvalue weighted by atomic mass is 10.3. The van der Waals surface area contributed by atoms with Gasteiger partial charge in [-0.2, -0.15) is 11.8 Å². The fraction of sp³-hybridized carbons (Fsp3) is 0.769. The molecule has 1 aliphatic rings. The number of nitrogens with one attached hydrogen (secondary N) is 1. The summed E-state index contributed by atoms with van der Waals surface area (Å²) in [7, 11) is 0. The minimum Gasteiger partial charge on any atom is -0.346 e. The normalized spacial score (nSPS) is 24.6. The molecule has 1 fully saturated rings. The highest BCUT2D eigenvalue weighted by Crippen LogP contribution is 2.32. The lowest BCUT2D eigenvalue weighted by Gasteiger charge is -2.34. The first-order chi connectivity index (χ1) is 8.60. The second-order valence-electron chi connectivity index (χ2n) is 4.95. The van der Waals surface area contributed by atoms with Crippen LogP contribution >= 0.6 is 23.1 Å². The van der Waals surface area contributed by atoms with Gasteiger partial charge in [0.15, 0.2) is 5.13 Å². The van der Waals surface area contributed by atoms with Crippen LogP contribution in [0.2, 0.25) is 0 Å². The number of nitrogens with zero attached hydrogens (tertiary/aromatic N) is 2. The molecular formula is C13H23N3S2. The van der Waals surface area contributed by atoms with E-state index in [-0.39, 0.29) is 0 Å². The molecule has 1 N–H and O–H groups in total. The summed E-state index contributed by atoms with van der Waals surface area (Å²) in [5.74, 6) is 0. The Balaban J connectivity index is 2.08. The molecule has 2 unspecified atom stereocenters. The molecule has 1 saturated heterocycles. The highest BCUT2D eigenvalue weighted by atomic mass is 32.2. The van der Waals surface area contributed by atoms with Crippen LogP contribution in [0.1, 0.15) is 31.3 Å². The first-order valence-corrected chi connectivity index (χ1v) is 8.43. The number of thioether (sulfide) groups is 1. The van der Waals surface area contributed by atoms with Crippen LogP contribution in [0.15, 0.2) is 0 Å². The Hall–Kier alpha value is -0.260. The SMILES string of the molecule is CCNCc1sc(N2CC(C)SC(C)C2)nc1C.